The first-order chi connectivity index (χ1) is 17.3. The number of ether oxygens (including phenoxy) is 1. The van der Waals surface area contributed by atoms with Gasteiger partial charge in [-0.25, -0.2) is 0 Å². The Hall–Kier alpha value is -4.02. The predicted octanol–water partition coefficient (Wildman–Crippen LogP) is 2.50. The average Bonchev–Trinajstić information content (AvgIpc) is 3.44. The minimum Gasteiger partial charge on any atom is -0.497 e. The highest BCUT2D eigenvalue weighted by atomic mass is 16.5. The zero-order chi connectivity index (χ0) is 25.7. The van der Waals surface area contributed by atoms with Crippen molar-refractivity contribution in [2.75, 3.05) is 24.4 Å². The Morgan fingerprint density at radius 2 is 2.06 bits per heavy atom. The van der Waals surface area contributed by atoms with Crippen LogP contribution in [0.1, 0.15) is 35.0 Å². The summed E-state index contributed by atoms with van der Waals surface area (Å²) in [6.07, 6.45) is 6.54. The van der Waals surface area contributed by atoms with Gasteiger partial charge < -0.3 is 25.6 Å². The quantitative estimate of drug-likeness (QED) is 0.320. The molecule has 188 valence electrons. The minimum absolute atomic E-state index is 0.0190. The van der Waals surface area contributed by atoms with E-state index in [1.807, 2.05) is 6.08 Å². The zero-order valence-corrected chi connectivity index (χ0v) is 20.1. The zero-order valence-electron chi connectivity index (χ0n) is 20.1. The van der Waals surface area contributed by atoms with Gasteiger partial charge in [-0.2, -0.15) is 0 Å². The molecule has 10 heteroatoms. The van der Waals surface area contributed by atoms with Crippen LogP contribution < -0.4 is 15.4 Å². The summed E-state index contributed by atoms with van der Waals surface area (Å²) in [4.78, 5) is 25.5. The van der Waals surface area contributed by atoms with E-state index in [1.165, 1.54) is 0 Å². The van der Waals surface area contributed by atoms with Crippen LogP contribution in [0, 0.1) is 5.92 Å². The number of nitrogens with zero attached hydrogens (tertiary/aromatic N) is 3. The molecule has 1 aromatic heterocycles. The summed E-state index contributed by atoms with van der Waals surface area (Å²) in [5.41, 5.74) is 0.761. The largest absolute Gasteiger partial charge is 0.497 e. The molecule has 2 aromatic carbocycles. The van der Waals surface area contributed by atoms with Crippen molar-refractivity contribution in [3.05, 3.63) is 77.6 Å². The van der Waals surface area contributed by atoms with Crippen molar-refractivity contribution >= 4 is 23.2 Å². The molecule has 0 fully saturated rings. The van der Waals surface area contributed by atoms with Gasteiger partial charge >= 0.3 is 0 Å². The van der Waals surface area contributed by atoms with Gasteiger partial charge in [-0.15, -0.1) is 5.10 Å². The molecule has 0 radical (unpaired) electrons. The van der Waals surface area contributed by atoms with Crippen molar-refractivity contribution in [1.82, 2.24) is 15.0 Å². The smallest absolute Gasteiger partial charge is 0.261 e. The molecule has 10 nitrogen and oxygen atoms in total. The number of methoxy groups -OCH3 is 1. The molecule has 0 bridgehead atoms. The van der Waals surface area contributed by atoms with Gasteiger partial charge in [-0.3, -0.25) is 14.3 Å². The molecule has 1 aliphatic heterocycles. The predicted molar refractivity (Wildman–Crippen MR) is 134 cm³/mol. The normalized spacial score (nSPS) is 17.6. The molecule has 1 aliphatic rings. The van der Waals surface area contributed by atoms with Gasteiger partial charge in [-0.05, 0) is 48.9 Å². The number of fused-ring (bicyclic) bond motifs is 1. The van der Waals surface area contributed by atoms with Crippen LogP contribution in [0.3, 0.4) is 0 Å². The van der Waals surface area contributed by atoms with E-state index >= 15 is 0 Å². The van der Waals surface area contributed by atoms with Gasteiger partial charge in [0.15, 0.2) is 5.60 Å². The number of amides is 2. The third kappa shape index (κ3) is 5.14. The third-order valence-electron chi connectivity index (χ3n) is 6.20. The van der Waals surface area contributed by atoms with Crippen molar-refractivity contribution in [3.8, 4) is 5.75 Å². The number of aliphatic hydroxyl groups is 2. The van der Waals surface area contributed by atoms with Crippen molar-refractivity contribution in [1.29, 1.82) is 0 Å². The first-order valence-electron chi connectivity index (χ1n) is 11.7. The number of carbonyl (C=O) groups is 2. The number of nitrogens with one attached hydrogen (secondary N) is 2. The van der Waals surface area contributed by atoms with E-state index in [0.717, 1.165) is 5.69 Å². The lowest BCUT2D eigenvalue weighted by Gasteiger charge is -2.26. The molecule has 2 amide bonds. The number of allylic oxidation sites excluding steroid dienone is 1. The standard InChI is InChI=1S/C26H29N5O5/c1-17(5-3-4-13-31-16-20(12-14-32)29-30-31)26(35)22-15-19(8-11-23(22)28-25(26)34)27-24(33)18-6-9-21(36-2)10-7-18/h3,5-11,15-17,32,35H,4,12-14H2,1-2H3,(H,27,33)(H,28,34)/b5-3+/t17-,26+/m1/s1. The highest BCUT2D eigenvalue weighted by Crippen LogP contribution is 2.43. The van der Waals surface area contributed by atoms with Gasteiger partial charge in [-0.1, -0.05) is 24.3 Å². The molecule has 0 aliphatic carbocycles. The fraction of sp³-hybridized carbons (Fsp3) is 0.308. The summed E-state index contributed by atoms with van der Waals surface area (Å²) >= 11 is 0. The number of benzene rings is 2. The Kier molecular flexibility index (Phi) is 7.47. The number of aryl methyl sites for hydroxylation is 1. The molecule has 3 aromatic rings. The highest BCUT2D eigenvalue weighted by Gasteiger charge is 2.48. The van der Waals surface area contributed by atoms with Crippen LogP contribution in [0.15, 0.2) is 60.8 Å². The van der Waals surface area contributed by atoms with E-state index in [4.69, 9.17) is 9.84 Å². The molecule has 2 atom stereocenters. The first-order valence-corrected chi connectivity index (χ1v) is 11.7. The van der Waals surface area contributed by atoms with Crippen LogP contribution in [-0.2, 0) is 23.4 Å². The van der Waals surface area contributed by atoms with E-state index in [1.54, 1.807) is 73.5 Å². The summed E-state index contributed by atoms with van der Waals surface area (Å²) in [5, 5.41) is 34.0. The second kappa shape index (κ2) is 10.7. The van der Waals surface area contributed by atoms with Crippen molar-refractivity contribution in [2.45, 2.75) is 31.9 Å². The van der Waals surface area contributed by atoms with Crippen LogP contribution in [0.2, 0.25) is 0 Å². The third-order valence-corrected chi connectivity index (χ3v) is 6.20. The number of aliphatic hydroxyl groups excluding tert-OH is 1. The van der Waals surface area contributed by atoms with E-state index in [9.17, 15) is 14.7 Å². The van der Waals surface area contributed by atoms with Gasteiger partial charge in [0.2, 0.25) is 0 Å². The van der Waals surface area contributed by atoms with Crippen LogP contribution >= 0.6 is 0 Å². The lowest BCUT2D eigenvalue weighted by molar-refractivity contribution is -0.137. The number of aromatic nitrogens is 3. The second-order valence-corrected chi connectivity index (χ2v) is 8.62. The summed E-state index contributed by atoms with van der Waals surface area (Å²) in [7, 11) is 1.55. The topological polar surface area (TPSA) is 139 Å². The molecule has 4 rings (SSSR count). The van der Waals surface area contributed by atoms with E-state index in [2.05, 4.69) is 20.9 Å². The molecule has 0 saturated carbocycles. The molecular formula is C26H29N5O5. The molecule has 2 heterocycles. The van der Waals surface area contributed by atoms with Crippen molar-refractivity contribution in [2.24, 2.45) is 5.92 Å². The number of rotatable bonds is 10. The maximum Gasteiger partial charge on any atom is 0.261 e. The monoisotopic (exact) mass is 491 g/mol. The Balaban J connectivity index is 1.44. The van der Waals surface area contributed by atoms with Gasteiger partial charge in [0.1, 0.15) is 5.75 Å². The number of carbonyl (C=O) groups excluding carboxylic acids is 2. The summed E-state index contributed by atoms with van der Waals surface area (Å²) in [5.74, 6) is -0.722. The van der Waals surface area contributed by atoms with E-state index in [0.29, 0.717) is 47.6 Å². The van der Waals surface area contributed by atoms with Crippen molar-refractivity contribution in [3.63, 3.8) is 0 Å². The molecule has 0 spiro atoms. The fourth-order valence-electron chi connectivity index (χ4n) is 4.11. The molecule has 4 N–H and O–H groups in total. The number of hydrogen-bond donors (Lipinski definition) is 4. The Bertz CT molecular complexity index is 1270. The van der Waals surface area contributed by atoms with Crippen LogP contribution in [0.25, 0.3) is 0 Å². The van der Waals surface area contributed by atoms with Crippen molar-refractivity contribution < 1.29 is 24.5 Å². The second-order valence-electron chi connectivity index (χ2n) is 8.62. The molecule has 0 unspecified atom stereocenters. The fourth-order valence-corrected chi connectivity index (χ4v) is 4.11. The molecular weight excluding hydrogens is 462 g/mol. The van der Waals surface area contributed by atoms with Gasteiger partial charge in [0.05, 0.1) is 12.8 Å². The number of anilines is 2. The van der Waals surface area contributed by atoms with E-state index < -0.39 is 17.4 Å². The average molecular weight is 492 g/mol. The van der Waals surface area contributed by atoms with Crippen LogP contribution in [-0.4, -0.2) is 50.7 Å². The molecule has 36 heavy (non-hydrogen) atoms. The van der Waals surface area contributed by atoms with Gasteiger partial charge in [0.25, 0.3) is 11.8 Å². The maximum atomic E-state index is 12.8. The highest BCUT2D eigenvalue weighted by molar-refractivity contribution is 6.07. The summed E-state index contributed by atoms with van der Waals surface area (Å²) < 4.78 is 6.81. The SMILES string of the molecule is COc1ccc(C(=O)Nc2ccc3c(c2)[C@@](O)([C@H](C)/C=C/CCn2cc(CCO)nn2)C(=O)N3)cc1. The Morgan fingerprint density at radius 1 is 1.28 bits per heavy atom. The van der Waals surface area contributed by atoms with Gasteiger partial charge in [0, 0.05) is 54.2 Å². The maximum absolute atomic E-state index is 12.8. The minimum atomic E-state index is -1.78. The Labute approximate surface area is 208 Å². The van der Waals surface area contributed by atoms with E-state index in [-0.39, 0.29) is 12.5 Å². The summed E-state index contributed by atoms with van der Waals surface area (Å²) in [6, 6.07) is 11.7. The lowest BCUT2D eigenvalue weighted by Crippen LogP contribution is -2.39. The van der Waals surface area contributed by atoms with Crippen LogP contribution in [0.5, 0.6) is 5.75 Å². The first kappa shape index (κ1) is 25.1. The lowest BCUT2D eigenvalue weighted by atomic mass is 9.82. The Morgan fingerprint density at radius 3 is 2.78 bits per heavy atom. The molecule has 0 saturated heterocycles. The van der Waals surface area contributed by atoms with Crippen LogP contribution in [0.4, 0.5) is 11.4 Å². The number of hydrogen-bond acceptors (Lipinski definition) is 7. The summed E-state index contributed by atoms with van der Waals surface area (Å²) in [6.45, 7) is 2.36.